The third kappa shape index (κ3) is 5.83. The number of carboxylic acid groups (broad SMARTS) is 1. The molecule has 0 radical (unpaired) electrons. The number of benzene rings is 1. The van der Waals surface area contributed by atoms with E-state index in [4.69, 9.17) is 9.47 Å². The number of hydrogen-bond donors (Lipinski definition) is 1. The maximum atomic E-state index is 12.8. The lowest BCUT2D eigenvalue weighted by molar-refractivity contribution is -0.147. The molecule has 1 aromatic rings. The van der Waals surface area contributed by atoms with Gasteiger partial charge in [0.1, 0.15) is 16.7 Å². The van der Waals surface area contributed by atoms with Crippen molar-refractivity contribution in [2.75, 3.05) is 27.7 Å². The van der Waals surface area contributed by atoms with Gasteiger partial charge in [-0.15, -0.1) is 0 Å². The zero-order valence-electron chi connectivity index (χ0n) is 18.7. The van der Waals surface area contributed by atoms with Crippen molar-refractivity contribution in [3.05, 3.63) is 41.0 Å². The van der Waals surface area contributed by atoms with Crippen LogP contribution in [0.25, 0.3) is 0 Å². The van der Waals surface area contributed by atoms with Crippen molar-refractivity contribution in [2.24, 2.45) is 0 Å². The van der Waals surface area contributed by atoms with Crippen LogP contribution < -0.4 is 4.74 Å². The van der Waals surface area contributed by atoms with Gasteiger partial charge in [-0.3, -0.25) is 0 Å². The Bertz CT molecular complexity index is 825. The average molecular weight is 417 g/mol. The number of ether oxygens (including phenoxy) is 2. The maximum Gasteiger partial charge on any atom is 0.345 e. The second-order valence-corrected chi connectivity index (χ2v) is 7.44. The Morgan fingerprint density at radius 1 is 1.30 bits per heavy atom. The number of methoxy groups -OCH3 is 1. The number of hydrogen-bond acceptors (Lipinski definition) is 6. The molecule has 0 heterocycles. The van der Waals surface area contributed by atoms with Gasteiger partial charge in [0.05, 0.1) is 19.3 Å². The van der Waals surface area contributed by atoms with Crippen LogP contribution in [-0.4, -0.2) is 55.8 Å². The van der Waals surface area contributed by atoms with E-state index in [9.17, 15) is 20.0 Å². The molecule has 2 unspecified atom stereocenters. The SMILES string of the molecule is CCC(=C(C(=O)O)C(=O)OC(C)CC)C(C#N)(CCN(C)C)c1cccc(OC)c1. The van der Waals surface area contributed by atoms with Gasteiger partial charge in [0.2, 0.25) is 0 Å². The molecular weight excluding hydrogens is 384 g/mol. The molecule has 1 aromatic carbocycles. The predicted molar refractivity (Wildman–Crippen MR) is 114 cm³/mol. The molecule has 0 amide bonds. The molecule has 0 saturated carbocycles. The predicted octanol–water partition coefficient (Wildman–Crippen LogP) is 3.54. The van der Waals surface area contributed by atoms with E-state index in [1.54, 1.807) is 38.1 Å². The van der Waals surface area contributed by atoms with Crippen LogP contribution in [0.2, 0.25) is 0 Å². The number of carboxylic acids is 1. The Labute approximate surface area is 178 Å². The third-order valence-electron chi connectivity index (χ3n) is 5.16. The molecule has 0 aliphatic carbocycles. The minimum absolute atomic E-state index is 0.204. The standard InChI is InChI=1S/C23H32N2O5/c1-7-16(3)30-22(28)20(21(26)27)19(8-2)23(15-24,12-13-25(4)5)17-10-9-11-18(14-17)29-6/h9-11,14,16H,7-8,12-13H2,1-6H3,(H,26,27). The first-order valence-electron chi connectivity index (χ1n) is 10.0. The Morgan fingerprint density at radius 3 is 2.43 bits per heavy atom. The first-order valence-corrected chi connectivity index (χ1v) is 10.0. The molecule has 30 heavy (non-hydrogen) atoms. The quantitative estimate of drug-likeness (QED) is 0.255. The van der Waals surface area contributed by atoms with Crippen LogP contribution in [0.5, 0.6) is 5.75 Å². The lowest BCUT2D eigenvalue weighted by Gasteiger charge is -2.32. The molecule has 0 aromatic heterocycles. The van der Waals surface area contributed by atoms with E-state index in [2.05, 4.69) is 6.07 Å². The first-order chi connectivity index (χ1) is 14.2. The number of nitrogens with zero attached hydrogens (tertiary/aromatic N) is 2. The third-order valence-corrected chi connectivity index (χ3v) is 5.16. The Morgan fingerprint density at radius 2 is 1.97 bits per heavy atom. The van der Waals surface area contributed by atoms with Gasteiger partial charge < -0.3 is 19.5 Å². The van der Waals surface area contributed by atoms with Crippen molar-refractivity contribution in [1.29, 1.82) is 5.26 Å². The smallest absolute Gasteiger partial charge is 0.345 e. The molecule has 164 valence electrons. The summed E-state index contributed by atoms with van der Waals surface area (Å²) in [5.41, 5.74) is -0.976. The fourth-order valence-electron chi connectivity index (χ4n) is 3.29. The van der Waals surface area contributed by atoms with Crippen LogP contribution in [-0.2, 0) is 19.7 Å². The highest BCUT2D eigenvalue weighted by Gasteiger charge is 2.41. The van der Waals surface area contributed by atoms with Gasteiger partial charge in [0, 0.05) is 0 Å². The van der Waals surface area contributed by atoms with E-state index in [1.807, 2.05) is 25.9 Å². The normalized spacial score (nSPS) is 14.9. The molecule has 0 saturated heterocycles. The minimum atomic E-state index is -1.40. The van der Waals surface area contributed by atoms with Crippen LogP contribution in [0.1, 0.15) is 45.6 Å². The summed E-state index contributed by atoms with van der Waals surface area (Å²) in [7, 11) is 5.27. The summed E-state index contributed by atoms with van der Waals surface area (Å²) in [6, 6.07) is 9.32. The second-order valence-electron chi connectivity index (χ2n) is 7.44. The van der Waals surface area contributed by atoms with Gasteiger partial charge in [0.25, 0.3) is 0 Å². The number of esters is 1. The van der Waals surface area contributed by atoms with E-state index >= 15 is 0 Å². The Hall–Kier alpha value is -2.85. The van der Waals surface area contributed by atoms with Crippen LogP contribution in [0.15, 0.2) is 35.4 Å². The molecule has 0 bridgehead atoms. The van der Waals surface area contributed by atoms with E-state index in [-0.39, 0.29) is 12.0 Å². The first kappa shape index (κ1) is 25.2. The van der Waals surface area contributed by atoms with Crippen LogP contribution in [0, 0.1) is 11.3 Å². The van der Waals surface area contributed by atoms with Gasteiger partial charge in [-0.2, -0.15) is 5.26 Å². The average Bonchev–Trinajstić information content (AvgIpc) is 2.72. The van der Waals surface area contributed by atoms with Crippen molar-refractivity contribution in [1.82, 2.24) is 4.90 Å². The van der Waals surface area contributed by atoms with Crippen molar-refractivity contribution in [2.45, 2.75) is 51.6 Å². The summed E-state index contributed by atoms with van der Waals surface area (Å²) in [5, 5.41) is 20.3. The highest BCUT2D eigenvalue weighted by molar-refractivity contribution is 6.14. The van der Waals surface area contributed by atoms with Crippen molar-refractivity contribution >= 4 is 11.9 Å². The number of aliphatic carboxylic acids is 1. The number of rotatable bonds is 11. The van der Waals surface area contributed by atoms with Crippen molar-refractivity contribution in [3.63, 3.8) is 0 Å². The summed E-state index contributed by atoms with van der Waals surface area (Å²) in [5.74, 6) is -1.76. The Kier molecular flexibility index (Phi) is 9.54. The van der Waals surface area contributed by atoms with Gasteiger partial charge in [-0.1, -0.05) is 26.0 Å². The zero-order chi connectivity index (χ0) is 22.9. The molecule has 1 N–H and O–H groups in total. The number of allylic oxidation sites excluding steroid dienone is 1. The van der Waals surface area contributed by atoms with E-state index in [0.717, 1.165) is 0 Å². The van der Waals surface area contributed by atoms with Gasteiger partial charge in [-0.25, -0.2) is 9.59 Å². The molecule has 0 spiro atoms. The van der Waals surface area contributed by atoms with E-state index in [1.165, 1.54) is 7.11 Å². The molecule has 7 nitrogen and oxygen atoms in total. The van der Waals surface area contributed by atoms with Crippen LogP contribution in [0.3, 0.4) is 0 Å². The highest BCUT2D eigenvalue weighted by Crippen LogP contribution is 2.40. The lowest BCUT2D eigenvalue weighted by Crippen LogP contribution is -2.35. The minimum Gasteiger partial charge on any atom is -0.497 e. The summed E-state index contributed by atoms with van der Waals surface area (Å²) >= 11 is 0. The fraction of sp³-hybridized carbons (Fsp3) is 0.522. The maximum absolute atomic E-state index is 12.8. The van der Waals surface area contributed by atoms with Crippen LogP contribution in [0.4, 0.5) is 0 Å². The molecule has 0 fully saturated rings. The summed E-state index contributed by atoms with van der Waals surface area (Å²) in [4.78, 5) is 26.9. The highest BCUT2D eigenvalue weighted by atomic mass is 16.5. The van der Waals surface area contributed by atoms with Crippen molar-refractivity contribution in [3.8, 4) is 11.8 Å². The second kappa shape index (κ2) is 11.4. The molecular formula is C23H32N2O5. The van der Waals surface area contributed by atoms with Gasteiger partial charge >= 0.3 is 11.9 Å². The monoisotopic (exact) mass is 416 g/mol. The molecule has 1 rings (SSSR count). The van der Waals surface area contributed by atoms with E-state index < -0.39 is 29.0 Å². The largest absolute Gasteiger partial charge is 0.497 e. The number of nitriles is 1. The van der Waals surface area contributed by atoms with Crippen molar-refractivity contribution < 1.29 is 24.2 Å². The summed E-state index contributed by atoms with van der Waals surface area (Å²) < 4.78 is 10.6. The van der Waals surface area contributed by atoms with Gasteiger partial charge in [-0.05, 0) is 70.1 Å². The van der Waals surface area contributed by atoms with Gasteiger partial charge in [0.15, 0.2) is 0 Å². The summed E-state index contributed by atoms with van der Waals surface area (Å²) in [6.07, 6.45) is 0.635. The number of carbonyl (C=O) groups is 2. The molecule has 0 aliphatic heterocycles. The molecule has 2 atom stereocenters. The lowest BCUT2D eigenvalue weighted by atomic mass is 9.70. The Balaban J connectivity index is 3.82. The molecule has 7 heteroatoms. The summed E-state index contributed by atoms with van der Waals surface area (Å²) in [6.45, 7) is 5.81. The topological polar surface area (TPSA) is 99.9 Å². The van der Waals surface area contributed by atoms with E-state index in [0.29, 0.717) is 30.7 Å². The zero-order valence-corrected chi connectivity index (χ0v) is 18.7. The number of carbonyl (C=O) groups excluding carboxylic acids is 1. The molecule has 0 aliphatic rings. The fourth-order valence-corrected chi connectivity index (χ4v) is 3.29. The van der Waals surface area contributed by atoms with Crippen LogP contribution >= 0.6 is 0 Å².